The number of nitrogens with zero attached hydrogens (tertiary/aromatic N) is 2. The van der Waals surface area contributed by atoms with Gasteiger partial charge in [0, 0.05) is 37.6 Å². The fraction of sp³-hybridized carbons (Fsp3) is 0.450. The van der Waals surface area contributed by atoms with Crippen LogP contribution >= 0.6 is 35.3 Å². The number of rotatable bonds is 7. The van der Waals surface area contributed by atoms with Gasteiger partial charge in [-0.05, 0) is 50.3 Å². The normalized spacial score (nSPS) is 12.4. The number of hydrogen-bond donors (Lipinski definition) is 2. The van der Waals surface area contributed by atoms with E-state index in [4.69, 9.17) is 0 Å². The zero-order valence-electron chi connectivity index (χ0n) is 17.6. The summed E-state index contributed by atoms with van der Waals surface area (Å²) >= 11 is 1.74. The van der Waals surface area contributed by atoms with Crippen LogP contribution in [0.15, 0.2) is 51.7 Å². The van der Waals surface area contributed by atoms with Crippen molar-refractivity contribution in [3.05, 3.63) is 52.2 Å². The summed E-state index contributed by atoms with van der Waals surface area (Å²) in [7, 11) is 0.103. The molecular formula is C20H31IN4O2S2. The average molecular weight is 551 g/mol. The molecule has 6 nitrogen and oxygen atoms in total. The predicted molar refractivity (Wildman–Crippen MR) is 133 cm³/mol. The lowest BCUT2D eigenvalue weighted by Crippen LogP contribution is -2.42. The predicted octanol–water partition coefficient (Wildman–Crippen LogP) is 3.69. The van der Waals surface area contributed by atoms with Gasteiger partial charge < -0.3 is 10.2 Å². The minimum atomic E-state index is -3.61. The molecule has 162 valence electrons. The van der Waals surface area contributed by atoms with Crippen LogP contribution in [0, 0.1) is 0 Å². The number of guanidine groups is 1. The summed E-state index contributed by atoms with van der Waals surface area (Å²) in [4.78, 5) is 7.98. The van der Waals surface area contributed by atoms with E-state index in [1.54, 1.807) is 30.5 Å². The molecule has 1 aromatic carbocycles. The number of aliphatic imine (C=N–C) groups is 1. The highest BCUT2D eigenvalue weighted by Gasteiger charge is 2.24. The van der Waals surface area contributed by atoms with Crippen LogP contribution in [0.2, 0.25) is 0 Å². The van der Waals surface area contributed by atoms with Crippen LogP contribution in [-0.2, 0) is 23.0 Å². The smallest absolute Gasteiger partial charge is 0.241 e. The lowest BCUT2D eigenvalue weighted by molar-refractivity contribution is 0.484. The first-order valence-electron chi connectivity index (χ1n) is 9.18. The molecule has 2 rings (SSSR count). The van der Waals surface area contributed by atoms with Crippen LogP contribution in [0.1, 0.15) is 31.2 Å². The van der Waals surface area contributed by atoms with E-state index in [1.165, 1.54) is 4.88 Å². The summed E-state index contributed by atoms with van der Waals surface area (Å²) in [6.07, 6.45) is 0.940. The van der Waals surface area contributed by atoms with Gasteiger partial charge in [0.1, 0.15) is 0 Å². The summed E-state index contributed by atoms with van der Waals surface area (Å²) in [5.74, 6) is 0.729. The molecule has 1 heterocycles. The minimum Gasteiger partial charge on any atom is -0.352 e. The van der Waals surface area contributed by atoms with Crippen molar-refractivity contribution < 1.29 is 8.42 Å². The molecule has 0 spiro atoms. The monoisotopic (exact) mass is 550 g/mol. The topological polar surface area (TPSA) is 73.8 Å². The third-order valence-electron chi connectivity index (χ3n) is 3.99. The van der Waals surface area contributed by atoms with Crippen LogP contribution < -0.4 is 10.0 Å². The highest BCUT2D eigenvalue weighted by atomic mass is 127. The van der Waals surface area contributed by atoms with Gasteiger partial charge in [0.25, 0.3) is 0 Å². The fourth-order valence-electron chi connectivity index (χ4n) is 2.77. The van der Waals surface area contributed by atoms with E-state index in [0.29, 0.717) is 12.1 Å². The Bertz CT molecular complexity index is 891. The first-order chi connectivity index (χ1) is 13.1. The van der Waals surface area contributed by atoms with Gasteiger partial charge in [-0.3, -0.25) is 4.99 Å². The SMILES string of the molecule is CN=C(NCc1ccccc1S(=O)(=O)NC(C)(C)C)N(C)CCc1cccs1.I. The van der Waals surface area contributed by atoms with E-state index in [9.17, 15) is 8.42 Å². The Labute approximate surface area is 195 Å². The molecule has 0 amide bonds. The highest BCUT2D eigenvalue weighted by Crippen LogP contribution is 2.18. The molecular weight excluding hydrogens is 519 g/mol. The Hall–Kier alpha value is -1.17. The Morgan fingerprint density at radius 3 is 2.45 bits per heavy atom. The van der Waals surface area contributed by atoms with Crippen molar-refractivity contribution >= 4 is 51.3 Å². The Morgan fingerprint density at radius 2 is 1.86 bits per heavy atom. The van der Waals surface area contributed by atoms with Crippen LogP contribution in [0.3, 0.4) is 0 Å². The Kier molecular flexibility index (Phi) is 10.1. The van der Waals surface area contributed by atoms with Gasteiger partial charge in [0.2, 0.25) is 10.0 Å². The molecule has 2 N–H and O–H groups in total. The van der Waals surface area contributed by atoms with E-state index in [0.717, 1.165) is 18.9 Å². The van der Waals surface area contributed by atoms with Crippen molar-refractivity contribution in [3.8, 4) is 0 Å². The molecule has 0 saturated heterocycles. The maximum atomic E-state index is 12.8. The molecule has 1 aromatic heterocycles. The van der Waals surface area contributed by atoms with E-state index in [-0.39, 0.29) is 28.9 Å². The molecule has 0 aliphatic carbocycles. The van der Waals surface area contributed by atoms with Crippen LogP contribution in [-0.4, -0.2) is 45.5 Å². The fourth-order valence-corrected chi connectivity index (χ4v) is 5.13. The van der Waals surface area contributed by atoms with Gasteiger partial charge in [0.05, 0.1) is 4.90 Å². The number of sulfonamides is 1. The quantitative estimate of drug-likeness (QED) is 0.314. The Balaban J connectivity index is 0.00000420. The zero-order valence-corrected chi connectivity index (χ0v) is 21.6. The van der Waals surface area contributed by atoms with Crippen LogP contribution in [0.5, 0.6) is 0 Å². The molecule has 0 unspecified atom stereocenters. The summed E-state index contributed by atoms with van der Waals surface area (Å²) < 4.78 is 28.3. The third kappa shape index (κ3) is 8.23. The highest BCUT2D eigenvalue weighted by molar-refractivity contribution is 14.0. The van der Waals surface area contributed by atoms with E-state index >= 15 is 0 Å². The van der Waals surface area contributed by atoms with Crippen LogP contribution in [0.25, 0.3) is 0 Å². The van der Waals surface area contributed by atoms with Crippen molar-refractivity contribution in [3.63, 3.8) is 0 Å². The molecule has 0 aliphatic heterocycles. The molecule has 0 saturated carbocycles. The second-order valence-electron chi connectivity index (χ2n) is 7.61. The maximum absolute atomic E-state index is 12.8. The van der Waals surface area contributed by atoms with Crippen molar-refractivity contribution in [1.29, 1.82) is 0 Å². The summed E-state index contributed by atoms with van der Waals surface area (Å²) in [5.41, 5.74) is 0.157. The Morgan fingerprint density at radius 1 is 1.17 bits per heavy atom. The van der Waals surface area contributed by atoms with E-state index < -0.39 is 15.6 Å². The molecule has 0 bridgehead atoms. The van der Waals surface area contributed by atoms with Gasteiger partial charge in [0.15, 0.2) is 5.96 Å². The van der Waals surface area contributed by atoms with Crippen molar-refractivity contribution in [2.24, 2.45) is 4.99 Å². The van der Waals surface area contributed by atoms with Gasteiger partial charge >= 0.3 is 0 Å². The third-order valence-corrected chi connectivity index (χ3v) is 6.78. The molecule has 2 aromatic rings. The molecule has 9 heteroatoms. The number of halogens is 1. The lowest BCUT2D eigenvalue weighted by atomic mass is 10.1. The van der Waals surface area contributed by atoms with E-state index in [2.05, 4.69) is 32.5 Å². The first kappa shape index (κ1) is 25.9. The molecule has 29 heavy (non-hydrogen) atoms. The number of likely N-dealkylation sites (N-methyl/N-ethyl adjacent to an activating group) is 1. The molecule has 0 fully saturated rings. The van der Waals surface area contributed by atoms with Gasteiger partial charge in [-0.15, -0.1) is 35.3 Å². The van der Waals surface area contributed by atoms with Crippen LogP contribution in [0.4, 0.5) is 0 Å². The van der Waals surface area contributed by atoms with Gasteiger partial charge in [-0.2, -0.15) is 0 Å². The summed E-state index contributed by atoms with van der Waals surface area (Å²) in [5, 5.41) is 5.35. The summed E-state index contributed by atoms with van der Waals surface area (Å²) in [6, 6.07) is 11.2. The maximum Gasteiger partial charge on any atom is 0.241 e. The van der Waals surface area contributed by atoms with Crippen molar-refractivity contribution in [2.75, 3.05) is 20.6 Å². The number of benzene rings is 1. The minimum absolute atomic E-state index is 0. The molecule has 0 atom stereocenters. The zero-order chi connectivity index (χ0) is 20.8. The number of hydrogen-bond acceptors (Lipinski definition) is 4. The second-order valence-corrected chi connectivity index (χ2v) is 10.3. The summed E-state index contributed by atoms with van der Waals surface area (Å²) in [6.45, 7) is 6.68. The van der Waals surface area contributed by atoms with Crippen molar-refractivity contribution in [1.82, 2.24) is 14.9 Å². The number of nitrogens with one attached hydrogen (secondary N) is 2. The largest absolute Gasteiger partial charge is 0.352 e. The van der Waals surface area contributed by atoms with E-state index in [1.807, 2.05) is 44.9 Å². The number of thiophene rings is 1. The average Bonchev–Trinajstić information content (AvgIpc) is 3.12. The molecule has 0 aliphatic rings. The molecule has 0 radical (unpaired) electrons. The van der Waals surface area contributed by atoms with Crippen molar-refractivity contribution in [2.45, 2.75) is 44.2 Å². The first-order valence-corrected chi connectivity index (χ1v) is 11.5. The lowest BCUT2D eigenvalue weighted by Gasteiger charge is -2.24. The second kappa shape index (κ2) is 11.3. The van der Waals surface area contributed by atoms with Gasteiger partial charge in [-0.25, -0.2) is 13.1 Å². The van der Waals surface area contributed by atoms with Gasteiger partial charge in [-0.1, -0.05) is 24.3 Å². The standard InChI is InChI=1S/C20H30N4O2S2.HI/c1-20(2,3)23-28(25,26)18-11-7-6-9-16(18)15-22-19(21-4)24(5)13-12-17-10-8-14-27-17;/h6-11,14,23H,12-13,15H2,1-5H3,(H,21,22);1H.